The zero-order valence-electron chi connectivity index (χ0n) is 12.7. The third-order valence-corrected chi connectivity index (χ3v) is 3.90. The van der Waals surface area contributed by atoms with E-state index in [9.17, 15) is 9.59 Å². The van der Waals surface area contributed by atoms with Crippen molar-refractivity contribution in [2.75, 3.05) is 11.9 Å². The summed E-state index contributed by atoms with van der Waals surface area (Å²) in [4.78, 5) is 25.5. The molecule has 1 aliphatic carbocycles. The zero-order valence-corrected chi connectivity index (χ0v) is 12.7. The highest BCUT2D eigenvalue weighted by molar-refractivity contribution is 5.90. The highest BCUT2D eigenvalue weighted by Gasteiger charge is 2.23. The maximum Gasteiger partial charge on any atom is 0.227 e. The van der Waals surface area contributed by atoms with Crippen LogP contribution in [0, 0.1) is 6.92 Å². The fourth-order valence-corrected chi connectivity index (χ4v) is 2.84. The minimum atomic E-state index is -0.148. The predicted octanol–water partition coefficient (Wildman–Crippen LogP) is 2.49. The molecule has 0 spiro atoms. The second-order valence-corrected chi connectivity index (χ2v) is 5.63. The summed E-state index contributed by atoms with van der Waals surface area (Å²) in [7, 11) is 0. The minimum absolute atomic E-state index is 0.0481. The second-order valence-electron chi connectivity index (χ2n) is 5.63. The van der Waals surface area contributed by atoms with Crippen LogP contribution >= 0.6 is 0 Å². The highest BCUT2D eigenvalue weighted by Crippen LogP contribution is 2.23. The molecule has 0 unspecified atom stereocenters. The van der Waals surface area contributed by atoms with E-state index in [1.165, 1.54) is 19.3 Å². The molecule has 0 bridgehead atoms. The van der Waals surface area contributed by atoms with Crippen molar-refractivity contribution in [1.29, 1.82) is 0 Å². The van der Waals surface area contributed by atoms with Gasteiger partial charge in [-0.15, -0.1) is 0 Å². The summed E-state index contributed by atoms with van der Waals surface area (Å²) in [5, 5.41) is 6.40. The van der Waals surface area contributed by atoms with E-state index in [1.807, 2.05) is 4.90 Å². The molecule has 6 heteroatoms. The Hall–Kier alpha value is -1.85. The molecule has 6 nitrogen and oxygen atoms in total. The summed E-state index contributed by atoms with van der Waals surface area (Å²) in [6, 6.07) is 1.96. The van der Waals surface area contributed by atoms with Gasteiger partial charge in [-0.25, -0.2) is 0 Å². The first-order chi connectivity index (χ1) is 10.1. The number of aryl methyl sites for hydroxylation is 1. The van der Waals surface area contributed by atoms with Crippen LogP contribution in [-0.4, -0.2) is 34.5 Å². The number of hydrogen-bond donors (Lipinski definition) is 1. The smallest absolute Gasteiger partial charge is 0.227 e. The van der Waals surface area contributed by atoms with Gasteiger partial charge < -0.3 is 14.7 Å². The van der Waals surface area contributed by atoms with Crippen molar-refractivity contribution in [3.63, 3.8) is 0 Å². The van der Waals surface area contributed by atoms with Crippen molar-refractivity contribution >= 4 is 17.6 Å². The van der Waals surface area contributed by atoms with E-state index in [4.69, 9.17) is 4.52 Å². The van der Waals surface area contributed by atoms with Gasteiger partial charge in [-0.1, -0.05) is 24.4 Å². The molecule has 21 heavy (non-hydrogen) atoms. The summed E-state index contributed by atoms with van der Waals surface area (Å²) >= 11 is 0. The molecule has 0 aliphatic heterocycles. The van der Waals surface area contributed by atoms with Crippen LogP contribution < -0.4 is 5.32 Å². The maximum absolute atomic E-state index is 11.9. The van der Waals surface area contributed by atoms with Crippen LogP contribution in [0.2, 0.25) is 0 Å². The molecule has 0 atom stereocenters. The third kappa shape index (κ3) is 4.58. The number of aromatic nitrogens is 1. The van der Waals surface area contributed by atoms with Gasteiger partial charge in [0.1, 0.15) is 5.76 Å². The summed E-state index contributed by atoms with van der Waals surface area (Å²) in [5.74, 6) is 0.972. The molecule has 1 heterocycles. The van der Waals surface area contributed by atoms with Gasteiger partial charge in [0.25, 0.3) is 0 Å². The van der Waals surface area contributed by atoms with Crippen LogP contribution in [0.5, 0.6) is 0 Å². The first kappa shape index (κ1) is 15.5. The Kier molecular flexibility index (Phi) is 5.36. The fraction of sp³-hybridized carbons (Fsp3) is 0.667. The Labute approximate surface area is 124 Å². The lowest BCUT2D eigenvalue weighted by molar-refractivity contribution is -0.132. The SMILES string of the molecule is CC(=O)N(CCC(=O)Nc1cc(C)on1)C1CCCCC1. The Morgan fingerprint density at radius 3 is 2.67 bits per heavy atom. The molecular weight excluding hydrogens is 270 g/mol. The molecule has 1 aromatic heterocycles. The van der Waals surface area contributed by atoms with Crippen LogP contribution in [0.15, 0.2) is 10.6 Å². The molecule has 116 valence electrons. The second kappa shape index (κ2) is 7.24. The van der Waals surface area contributed by atoms with E-state index in [1.54, 1.807) is 19.9 Å². The summed E-state index contributed by atoms with van der Waals surface area (Å²) in [5.41, 5.74) is 0. The summed E-state index contributed by atoms with van der Waals surface area (Å²) in [6.07, 6.45) is 5.95. The molecule has 1 N–H and O–H groups in total. The lowest BCUT2D eigenvalue weighted by atomic mass is 9.94. The lowest BCUT2D eigenvalue weighted by Crippen LogP contribution is -2.41. The van der Waals surface area contributed by atoms with E-state index in [0.29, 0.717) is 24.2 Å². The van der Waals surface area contributed by atoms with E-state index >= 15 is 0 Å². The molecule has 0 saturated heterocycles. The fourth-order valence-electron chi connectivity index (χ4n) is 2.84. The first-order valence-corrected chi connectivity index (χ1v) is 7.56. The monoisotopic (exact) mass is 293 g/mol. The van der Waals surface area contributed by atoms with Crippen LogP contribution in [0.1, 0.15) is 51.2 Å². The van der Waals surface area contributed by atoms with Gasteiger partial charge in [-0.05, 0) is 19.8 Å². The van der Waals surface area contributed by atoms with E-state index < -0.39 is 0 Å². The molecule has 1 aliphatic rings. The number of nitrogens with one attached hydrogen (secondary N) is 1. The molecule has 0 aromatic carbocycles. The van der Waals surface area contributed by atoms with E-state index in [0.717, 1.165) is 12.8 Å². The lowest BCUT2D eigenvalue weighted by Gasteiger charge is -2.33. The minimum Gasteiger partial charge on any atom is -0.360 e. The molecule has 0 radical (unpaired) electrons. The average Bonchev–Trinajstić information content (AvgIpc) is 2.85. The predicted molar refractivity (Wildman–Crippen MR) is 78.7 cm³/mol. The van der Waals surface area contributed by atoms with Gasteiger partial charge in [0.15, 0.2) is 5.82 Å². The van der Waals surface area contributed by atoms with E-state index in [-0.39, 0.29) is 18.2 Å². The Bertz CT molecular complexity index is 492. The summed E-state index contributed by atoms with van der Waals surface area (Å²) in [6.45, 7) is 3.80. The van der Waals surface area contributed by atoms with Crippen LogP contribution in [-0.2, 0) is 9.59 Å². The molecular formula is C15H23N3O3. The Morgan fingerprint density at radius 1 is 1.38 bits per heavy atom. The zero-order chi connectivity index (χ0) is 15.2. The average molecular weight is 293 g/mol. The van der Waals surface area contributed by atoms with Crippen LogP contribution in [0.4, 0.5) is 5.82 Å². The van der Waals surface area contributed by atoms with Crippen LogP contribution in [0.25, 0.3) is 0 Å². The first-order valence-electron chi connectivity index (χ1n) is 7.56. The molecule has 2 rings (SSSR count). The quantitative estimate of drug-likeness (QED) is 0.905. The highest BCUT2D eigenvalue weighted by atomic mass is 16.5. The van der Waals surface area contributed by atoms with Gasteiger partial charge in [-0.2, -0.15) is 0 Å². The number of carbonyl (C=O) groups is 2. The van der Waals surface area contributed by atoms with Crippen LogP contribution in [0.3, 0.4) is 0 Å². The van der Waals surface area contributed by atoms with Gasteiger partial charge in [0.05, 0.1) is 0 Å². The number of carbonyl (C=O) groups excluding carboxylic acids is 2. The number of amides is 2. The van der Waals surface area contributed by atoms with Gasteiger partial charge in [0, 0.05) is 32.0 Å². The Morgan fingerprint density at radius 2 is 2.10 bits per heavy atom. The number of anilines is 1. The largest absolute Gasteiger partial charge is 0.360 e. The number of nitrogens with zero attached hydrogens (tertiary/aromatic N) is 2. The van der Waals surface area contributed by atoms with E-state index in [2.05, 4.69) is 10.5 Å². The number of rotatable bonds is 5. The van der Waals surface area contributed by atoms with Gasteiger partial charge >= 0.3 is 0 Å². The van der Waals surface area contributed by atoms with Crippen molar-refractivity contribution in [3.8, 4) is 0 Å². The third-order valence-electron chi connectivity index (χ3n) is 3.90. The van der Waals surface area contributed by atoms with Crippen molar-refractivity contribution in [3.05, 3.63) is 11.8 Å². The van der Waals surface area contributed by atoms with Crippen molar-refractivity contribution in [1.82, 2.24) is 10.1 Å². The Balaban J connectivity index is 1.83. The number of hydrogen-bond acceptors (Lipinski definition) is 4. The van der Waals surface area contributed by atoms with Crippen molar-refractivity contribution < 1.29 is 14.1 Å². The summed E-state index contributed by atoms with van der Waals surface area (Å²) < 4.78 is 4.90. The van der Waals surface area contributed by atoms with Gasteiger partial charge in [-0.3, -0.25) is 9.59 Å². The molecule has 1 saturated carbocycles. The molecule has 1 fully saturated rings. The van der Waals surface area contributed by atoms with Crippen molar-refractivity contribution in [2.45, 2.75) is 58.4 Å². The van der Waals surface area contributed by atoms with Gasteiger partial charge in [0.2, 0.25) is 11.8 Å². The molecule has 1 aromatic rings. The molecule has 2 amide bonds. The topological polar surface area (TPSA) is 75.4 Å². The standard InChI is InChI=1S/C15H23N3O3/c1-11-10-14(17-21-11)16-15(20)8-9-18(12(2)19)13-6-4-3-5-7-13/h10,13H,3-9H2,1-2H3,(H,16,17,20). The normalized spacial score (nSPS) is 15.7. The van der Waals surface area contributed by atoms with Crippen molar-refractivity contribution in [2.24, 2.45) is 0 Å². The maximum atomic E-state index is 11.9.